The zero-order chi connectivity index (χ0) is 10.6. The van der Waals surface area contributed by atoms with Crippen LogP contribution in [0.4, 0.5) is 5.69 Å². The third kappa shape index (κ3) is 1.29. The van der Waals surface area contributed by atoms with E-state index in [0.717, 1.165) is 16.1 Å². The largest absolute Gasteiger partial charge is 0.398 e. The van der Waals surface area contributed by atoms with Gasteiger partial charge in [-0.2, -0.15) is 0 Å². The highest BCUT2D eigenvalue weighted by Crippen LogP contribution is 2.43. The fourth-order valence-electron chi connectivity index (χ4n) is 2.23. The minimum Gasteiger partial charge on any atom is -0.398 e. The third-order valence-corrected chi connectivity index (χ3v) is 3.85. The molecular weight excluding hydrogens is 252 g/mol. The van der Waals surface area contributed by atoms with Crippen molar-refractivity contribution in [3.05, 3.63) is 28.4 Å². The van der Waals surface area contributed by atoms with Gasteiger partial charge >= 0.3 is 0 Å². The Kier molecular flexibility index (Phi) is 1.87. The number of rotatable bonds is 1. The summed E-state index contributed by atoms with van der Waals surface area (Å²) in [5.74, 6) is 0.758. The van der Waals surface area contributed by atoms with Gasteiger partial charge in [-0.1, -0.05) is 0 Å². The highest BCUT2D eigenvalue weighted by atomic mass is 79.9. The lowest BCUT2D eigenvalue weighted by Crippen LogP contribution is -1.94. The second-order valence-electron chi connectivity index (χ2n) is 4.30. The first-order chi connectivity index (χ1) is 7.18. The molecule has 2 nitrogen and oxygen atoms in total. The summed E-state index contributed by atoms with van der Waals surface area (Å²) in [7, 11) is 2.13. The number of hydrogen-bond acceptors (Lipinski definition) is 1. The number of halogens is 1. The van der Waals surface area contributed by atoms with E-state index in [1.54, 1.807) is 0 Å². The topological polar surface area (TPSA) is 30.9 Å². The Bertz CT molecular complexity index is 538. The Morgan fingerprint density at radius 1 is 1.40 bits per heavy atom. The minimum absolute atomic E-state index is 0.758. The summed E-state index contributed by atoms with van der Waals surface area (Å²) in [5, 5.41) is 1.17. The SMILES string of the molecule is Cn1c(C2CC2)cc2c(N)ccc(Br)c21. The normalized spacial score (nSPS) is 16.1. The van der Waals surface area contributed by atoms with Crippen molar-refractivity contribution < 1.29 is 0 Å². The molecule has 0 aliphatic heterocycles. The summed E-state index contributed by atoms with van der Waals surface area (Å²) < 4.78 is 3.40. The van der Waals surface area contributed by atoms with Gasteiger partial charge < -0.3 is 10.3 Å². The lowest BCUT2D eigenvalue weighted by molar-refractivity contribution is 0.856. The number of aromatic nitrogens is 1. The number of aryl methyl sites for hydroxylation is 1. The van der Waals surface area contributed by atoms with Crippen molar-refractivity contribution in [1.29, 1.82) is 0 Å². The molecule has 1 aromatic carbocycles. The number of anilines is 1. The first-order valence-corrected chi connectivity index (χ1v) is 6.01. The first-order valence-electron chi connectivity index (χ1n) is 5.22. The van der Waals surface area contributed by atoms with E-state index in [4.69, 9.17) is 5.73 Å². The van der Waals surface area contributed by atoms with Gasteiger partial charge in [0.15, 0.2) is 0 Å². The molecule has 1 saturated carbocycles. The van der Waals surface area contributed by atoms with Crippen LogP contribution in [0.2, 0.25) is 0 Å². The molecule has 0 amide bonds. The highest BCUT2D eigenvalue weighted by molar-refractivity contribution is 9.10. The van der Waals surface area contributed by atoms with Crippen LogP contribution in [0.25, 0.3) is 10.9 Å². The maximum absolute atomic E-state index is 5.99. The molecule has 2 aromatic rings. The Morgan fingerprint density at radius 2 is 2.13 bits per heavy atom. The number of nitrogen functional groups attached to an aromatic ring is 1. The maximum atomic E-state index is 5.99. The van der Waals surface area contributed by atoms with Gasteiger partial charge in [-0.25, -0.2) is 0 Å². The third-order valence-electron chi connectivity index (χ3n) is 3.21. The number of hydrogen-bond donors (Lipinski definition) is 1. The van der Waals surface area contributed by atoms with Crippen LogP contribution in [-0.4, -0.2) is 4.57 Å². The Morgan fingerprint density at radius 3 is 2.73 bits per heavy atom. The van der Waals surface area contributed by atoms with Crippen molar-refractivity contribution in [2.24, 2.45) is 7.05 Å². The van der Waals surface area contributed by atoms with E-state index in [1.165, 1.54) is 29.4 Å². The molecule has 3 rings (SSSR count). The summed E-state index contributed by atoms with van der Waals surface area (Å²) in [6.45, 7) is 0. The van der Waals surface area contributed by atoms with Crippen LogP contribution in [0.5, 0.6) is 0 Å². The summed E-state index contributed by atoms with van der Waals surface area (Å²) in [4.78, 5) is 0. The molecule has 0 spiro atoms. The van der Waals surface area contributed by atoms with Gasteiger partial charge in [0.2, 0.25) is 0 Å². The van der Waals surface area contributed by atoms with Gasteiger partial charge in [-0.3, -0.25) is 0 Å². The molecule has 0 unspecified atom stereocenters. The van der Waals surface area contributed by atoms with E-state index in [1.807, 2.05) is 12.1 Å². The predicted molar refractivity (Wildman–Crippen MR) is 67.0 cm³/mol. The number of benzene rings is 1. The van der Waals surface area contributed by atoms with Crippen LogP contribution in [0.15, 0.2) is 22.7 Å². The smallest absolute Gasteiger partial charge is 0.0645 e. The van der Waals surface area contributed by atoms with Crippen molar-refractivity contribution in [3.63, 3.8) is 0 Å². The molecular formula is C12H13BrN2. The lowest BCUT2D eigenvalue weighted by atomic mass is 10.2. The monoisotopic (exact) mass is 264 g/mol. The molecule has 0 bridgehead atoms. The van der Waals surface area contributed by atoms with Crippen LogP contribution in [0.3, 0.4) is 0 Å². The molecule has 0 saturated heterocycles. The highest BCUT2D eigenvalue weighted by Gasteiger charge is 2.27. The molecule has 0 atom stereocenters. The van der Waals surface area contributed by atoms with E-state index in [2.05, 4.69) is 33.6 Å². The zero-order valence-electron chi connectivity index (χ0n) is 8.63. The molecule has 0 radical (unpaired) electrons. The number of fused-ring (bicyclic) bond motifs is 1. The molecule has 1 aliphatic carbocycles. The summed E-state index contributed by atoms with van der Waals surface area (Å²) in [6, 6.07) is 6.23. The average molecular weight is 265 g/mol. The van der Waals surface area contributed by atoms with Gasteiger partial charge in [0.05, 0.1) is 5.52 Å². The van der Waals surface area contributed by atoms with E-state index >= 15 is 0 Å². The van der Waals surface area contributed by atoms with Crippen LogP contribution in [0, 0.1) is 0 Å². The fourth-order valence-corrected chi connectivity index (χ4v) is 2.85. The van der Waals surface area contributed by atoms with Gasteiger partial charge in [0.1, 0.15) is 0 Å². The van der Waals surface area contributed by atoms with E-state index in [0.29, 0.717) is 0 Å². The van der Waals surface area contributed by atoms with Gasteiger partial charge in [-0.15, -0.1) is 0 Å². The van der Waals surface area contributed by atoms with Crippen molar-refractivity contribution in [2.45, 2.75) is 18.8 Å². The predicted octanol–water partition coefficient (Wildman–Crippen LogP) is 3.40. The zero-order valence-corrected chi connectivity index (χ0v) is 10.2. The van der Waals surface area contributed by atoms with Crippen LogP contribution >= 0.6 is 15.9 Å². The molecule has 15 heavy (non-hydrogen) atoms. The lowest BCUT2D eigenvalue weighted by Gasteiger charge is -2.04. The van der Waals surface area contributed by atoms with Crippen LogP contribution < -0.4 is 5.73 Å². The maximum Gasteiger partial charge on any atom is 0.0645 e. The van der Waals surface area contributed by atoms with E-state index < -0.39 is 0 Å². The molecule has 1 aliphatic rings. The van der Waals surface area contributed by atoms with Crippen molar-refractivity contribution in [3.8, 4) is 0 Å². The van der Waals surface area contributed by atoms with Crippen molar-refractivity contribution in [1.82, 2.24) is 4.57 Å². The number of nitrogens with two attached hydrogens (primary N) is 1. The standard InChI is InChI=1S/C12H13BrN2/c1-15-11(7-2-3-7)6-8-10(14)5-4-9(13)12(8)15/h4-7H,2-3,14H2,1H3. The van der Waals surface area contributed by atoms with Crippen molar-refractivity contribution >= 4 is 32.5 Å². The molecule has 1 aromatic heterocycles. The van der Waals surface area contributed by atoms with Gasteiger partial charge in [-0.05, 0) is 52.9 Å². The summed E-state index contributed by atoms with van der Waals surface area (Å²) in [6.07, 6.45) is 2.64. The quantitative estimate of drug-likeness (QED) is 0.787. The molecule has 78 valence electrons. The fraction of sp³-hybridized carbons (Fsp3) is 0.333. The summed E-state index contributed by atoms with van der Waals surface area (Å²) in [5.41, 5.74) is 9.50. The average Bonchev–Trinajstić information content (AvgIpc) is 2.98. The second-order valence-corrected chi connectivity index (χ2v) is 5.16. The first kappa shape index (κ1) is 9.28. The Balaban J connectivity index is 2.38. The van der Waals surface area contributed by atoms with Gasteiger partial charge in [0.25, 0.3) is 0 Å². The van der Waals surface area contributed by atoms with Crippen molar-refractivity contribution in [2.75, 3.05) is 5.73 Å². The number of nitrogens with zero attached hydrogens (tertiary/aromatic N) is 1. The molecule has 1 fully saturated rings. The molecule has 2 N–H and O–H groups in total. The Labute approximate surface area is 97.2 Å². The Hall–Kier alpha value is -0.960. The van der Waals surface area contributed by atoms with Gasteiger partial charge in [0, 0.05) is 28.3 Å². The van der Waals surface area contributed by atoms with Crippen LogP contribution in [0.1, 0.15) is 24.5 Å². The van der Waals surface area contributed by atoms with E-state index in [-0.39, 0.29) is 0 Å². The van der Waals surface area contributed by atoms with Crippen LogP contribution in [-0.2, 0) is 7.05 Å². The van der Waals surface area contributed by atoms with E-state index in [9.17, 15) is 0 Å². The minimum atomic E-state index is 0.758. The molecule has 1 heterocycles. The summed E-state index contributed by atoms with van der Waals surface area (Å²) >= 11 is 3.59. The second kappa shape index (κ2) is 3.01. The molecule has 3 heteroatoms.